The molecule has 0 spiro atoms. The second-order valence-electron chi connectivity index (χ2n) is 25.5. The van der Waals surface area contributed by atoms with Crippen LogP contribution in [0.15, 0.2) is 242 Å². The number of benzene rings is 8. The number of hydrogen-bond donors (Lipinski definition) is 12. The number of aliphatic hydroxyl groups excluding tert-OH is 2. The predicted octanol–water partition coefficient (Wildman–Crippen LogP) is 19.8. The third-order valence-electron chi connectivity index (χ3n) is 17.4. The maximum Gasteiger partial charge on any atom is 0.419 e. The zero-order valence-corrected chi connectivity index (χ0v) is 81.7. The van der Waals surface area contributed by atoms with Crippen molar-refractivity contribution in [3.05, 3.63) is 350 Å². The third kappa shape index (κ3) is 36.7. The monoisotopic (exact) mass is 1860 g/mol. The summed E-state index contributed by atoms with van der Waals surface area (Å²) < 4.78 is 35.3. The molecule has 0 fully saturated rings. The van der Waals surface area contributed by atoms with E-state index in [4.69, 9.17) is 30.0 Å². The Morgan fingerprint density at radius 3 is 1.05 bits per heavy atom. The summed E-state index contributed by atoms with van der Waals surface area (Å²) in [6, 6.07) is 55.6. The Balaban J connectivity index is 0. The highest BCUT2D eigenvalue weighted by Gasteiger charge is 2.18. The molecule has 724 valence electrons. The normalized spacial score (nSPS) is 10.1. The van der Waals surface area contributed by atoms with E-state index in [0.717, 1.165) is 27.8 Å². The molecular formula is C105H133N9O21. The van der Waals surface area contributed by atoms with E-state index in [2.05, 4.69) is 49.2 Å². The highest BCUT2D eigenvalue weighted by atomic mass is 16.5. The van der Waals surface area contributed by atoms with Crippen LogP contribution in [-0.2, 0) is 32.3 Å². The largest absolute Gasteiger partial charge is 0.478 e. The van der Waals surface area contributed by atoms with Gasteiger partial charge in [0.05, 0.1) is 68.5 Å². The lowest BCUT2D eigenvalue weighted by atomic mass is 10.1. The first kappa shape index (κ1) is 116. The average Bonchev–Trinajstić information content (AvgIpc) is 0.797. The summed E-state index contributed by atoms with van der Waals surface area (Å²) in [7, 11) is 0. The number of aromatic carboxylic acids is 1. The number of ketones is 1. The van der Waals surface area contributed by atoms with Crippen molar-refractivity contribution in [1.29, 1.82) is 0 Å². The van der Waals surface area contributed by atoms with Gasteiger partial charge in [-0.05, 0) is 159 Å². The number of pyridine rings is 6. The molecule has 8 aromatic carbocycles. The van der Waals surface area contributed by atoms with Crippen LogP contribution in [-0.4, -0.2) is 111 Å². The molecule has 13 N–H and O–H groups in total. The number of carboxylic acid groups (broad SMARTS) is 1. The number of nitrogens with one attached hydrogen (secondary N) is 7. The van der Waals surface area contributed by atoms with Gasteiger partial charge in [0.1, 0.15) is 19.1 Å². The molecule has 1 unspecified atom stereocenters. The van der Waals surface area contributed by atoms with Crippen LogP contribution in [0.2, 0.25) is 0 Å². The molecule has 0 bridgehead atoms. The van der Waals surface area contributed by atoms with Gasteiger partial charge in [-0.3, -0.25) is 52.9 Å². The number of nitrogens with zero attached hydrogens (tertiary/aromatic N) is 1. The molecule has 1 atom stereocenters. The van der Waals surface area contributed by atoms with Crippen molar-refractivity contribution in [2.45, 2.75) is 193 Å². The van der Waals surface area contributed by atoms with Crippen LogP contribution in [0.1, 0.15) is 234 Å². The van der Waals surface area contributed by atoms with Crippen molar-refractivity contribution >= 4 is 124 Å². The summed E-state index contributed by atoms with van der Waals surface area (Å²) in [5.41, 5.74) is 12.9. The number of H-pyrrole nitrogens is 7. The molecular weight excluding hydrogens is 1720 g/mol. The molecule has 7 heterocycles. The quantitative estimate of drug-likeness (QED) is 0.0109. The summed E-state index contributed by atoms with van der Waals surface area (Å²) in [4.78, 5) is 178. The standard InChI is InChI=1S/C13H13NO3.C11H10N2O2.2C11H11NO2.2C11H9NO2.C8H5NO3.C7H7NO2.C6H10O3.8C2H6/c1-3-17-13(16)11-8(2)14-10-7-5-4-6-9(10)12(11)15;1-7-9(6-12-15)11(14)8-4-2-3-5-10(8)13-7;4*1-7-9(6-13)11(14)8-4-2-3-5-10(8)12-7;10-7-5-3-1-2-4-6(5)9-8(11)12-7;8-6-4-2-1-3-5(6)7(9)10;1-3-9-6(8)4-5(2)7;8*1-2/h4-7H,3H2,1-2H3,(H,14,15);2-6,15H,1H3,(H,13,14);2*2-5,13H,6H2,1H3,(H,12,14);2*2-6H,1H3,(H,12,14);1-4H,(H,9,11);1-4H,8H2,(H,9,10);3-4H2,1-2H3;8*1-2H3/b;12-6+;;;;;;;;;;;;;;;/i;2*6T;;6T;;;;;;;;;;;;. The Morgan fingerprint density at radius 2 is 0.711 bits per heavy atom. The van der Waals surface area contributed by atoms with Gasteiger partial charge in [0.2, 0.25) is 5.43 Å². The number of aryl methyl sites for hydroxylation is 6. The molecule has 0 amide bonds. The Kier molecular flexibility index (Phi) is 58.0. The Hall–Kier alpha value is -15.4. The van der Waals surface area contributed by atoms with E-state index in [1.54, 1.807) is 195 Å². The summed E-state index contributed by atoms with van der Waals surface area (Å²) in [5.74, 6) is -2.88. The molecule has 0 aliphatic carbocycles. The van der Waals surface area contributed by atoms with Crippen molar-refractivity contribution in [3.8, 4) is 0 Å². The summed E-state index contributed by atoms with van der Waals surface area (Å²) >= 11 is 0. The molecule has 30 nitrogen and oxygen atoms in total. The number of fused-ring (bicyclic) bond motifs is 7. The molecule has 30 heteroatoms. The number of ether oxygens (including phenoxy) is 2. The lowest BCUT2D eigenvalue weighted by molar-refractivity contribution is -0.145. The first-order valence-corrected chi connectivity index (χ1v) is 44.2. The number of anilines is 1. The number of esters is 2. The van der Waals surface area contributed by atoms with Gasteiger partial charge in [0.25, 0.3) is 0 Å². The van der Waals surface area contributed by atoms with Crippen LogP contribution >= 0.6 is 0 Å². The second-order valence-corrected chi connectivity index (χ2v) is 25.5. The van der Waals surface area contributed by atoms with Crippen LogP contribution in [0.5, 0.6) is 0 Å². The molecule has 135 heavy (non-hydrogen) atoms. The zero-order valence-electron chi connectivity index (χ0n) is 84.7. The number of aldehydes is 2. The fraction of sp³-hybridized carbons (Fsp3) is 0.286. The molecule has 15 rings (SSSR count). The van der Waals surface area contributed by atoms with Crippen molar-refractivity contribution < 1.29 is 67.3 Å². The fourth-order valence-corrected chi connectivity index (χ4v) is 11.6. The van der Waals surface area contributed by atoms with Crippen LogP contribution in [0, 0.1) is 41.5 Å². The van der Waals surface area contributed by atoms with Crippen LogP contribution in [0.25, 0.3) is 76.3 Å². The van der Waals surface area contributed by atoms with Crippen LogP contribution in [0.3, 0.4) is 0 Å². The minimum atomic E-state index is -1.49. The maximum atomic E-state index is 12.1. The Labute approximate surface area is 789 Å². The van der Waals surface area contributed by atoms with E-state index in [-0.39, 0.29) is 91.4 Å². The summed E-state index contributed by atoms with van der Waals surface area (Å²) in [6.07, 6.45) is -0.877. The topological polar surface area (TPSA) is 500 Å². The molecule has 0 aliphatic heterocycles. The van der Waals surface area contributed by atoms with E-state index >= 15 is 0 Å². The lowest BCUT2D eigenvalue weighted by Crippen LogP contribution is -2.20. The lowest BCUT2D eigenvalue weighted by Gasteiger charge is -2.06. The van der Waals surface area contributed by atoms with E-state index in [1.165, 1.54) is 13.0 Å². The highest BCUT2D eigenvalue weighted by molar-refractivity contribution is 5.96. The van der Waals surface area contributed by atoms with E-state index in [9.17, 15) is 72.2 Å². The van der Waals surface area contributed by atoms with E-state index in [1.807, 2.05) is 159 Å². The highest BCUT2D eigenvalue weighted by Crippen LogP contribution is 2.17. The summed E-state index contributed by atoms with van der Waals surface area (Å²) in [5, 5.41) is 41.5. The molecule has 0 saturated carbocycles. The van der Waals surface area contributed by atoms with Gasteiger partial charge in [-0.1, -0.05) is 213 Å². The number of nitrogen functional groups attached to an aromatic ring is 1. The number of carbonyl (C=O) groups excluding carboxylic acids is 5. The minimum absolute atomic E-state index is 0.0753. The number of aromatic nitrogens is 7. The number of nitrogens with two attached hydrogens (primary N) is 1. The number of oxime groups is 1. The van der Waals surface area contributed by atoms with E-state index < -0.39 is 48.3 Å². The minimum Gasteiger partial charge on any atom is -0.478 e. The molecule has 7 aromatic heterocycles. The average molecular weight is 1860 g/mol. The van der Waals surface area contributed by atoms with Crippen molar-refractivity contribution in [1.82, 2.24) is 34.9 Å². The Morgan fingerprint density at radius 1 is 0.407 bits per heavy atom. The predicted molar refractivity (Wildman–Crippen MR) is 547 cm³/mol. The number of aliphatic hydroxyl groups is 2. The number of aromatic amines is 7. The van der Waals surface area contributed by atoms with Gasteiger partial charge in [0, 0.05) is 116 Å². The van der Waals surface area contributed by atoms with Gasteiger partial charge < -0.3 is 70.1 Å². The molecule has 0 aliphatic rings. The van der Waals surface area contributed by atoms with Crippen LogP contribution in [0.4, 0.5) is 5.69 Å². The Bertz CT molecular complexity index is 6970. The fourth-order valence-electron chi connectivity index (χ4n) is 11.6. The first-order valence-electron chi connectivity index (χ1n) is 45.8. The smallest absolute Gasteiger partial charge is 0.419 e. The van der Waals surface area contributed by atoms with Gasteiger partial charge in [0.15, 0.2) is 39.7 Å². The van der Waals surface area contributed by atoms with Crippen LogP contribution < -0.4 is 49.7 Å². The molecule has 15 aromatic rings. The summed E-state index contributed by atoms with van der Waals surface area (Å²) in [6.45, 7) is 45.8. The second kappa shape index (κ2) is 67.7. The van der Waals surface area contributed by atoms with Gasteiger partial charge in [-0.25, -0.2) is 19.2 Å². The van der Waals surface area contributed by atoms with E-state index in [0.29, 0.717) is 107 Å². The molecule has 0 saturated heterocycles. The molecule has 0 radical (unpaired) electrons. The SMILES string of the molecule is CC.CC.CC.CC.CC.CC.CC.CC.CCOC(=O)CC(C)=O.CCOC(=O)c1c(C)[nH]c2ccccc2c1=O.Cc1[nH]c2ccccc2c(=O)c1C=O.Cc1[nH]c2ccccc2c(=O)c1CO.Nc1ccccc1C(=O)O.O=c1[nH]c2ccccc2c(=O)o1.[3H]/C(=N\O)c1c(C)[nH]c2ccccc2c1=O.[3H]C(=O)c1c(C)[nH]c2ccccc2c1=O.[3H]C(O)c1c(C)[nH]c2ccccc2c1=O. The van der Waals surface area contributed by atoms with Crippen molar-refractivity contribution in [2.75, 3.05) is 18.9 Å². The number of hydrogen-bond acceptors (Lipinski definition) is 22. The number of Topliss-reactive ketones (excluding diaryl/α,β-unsaturated/α-hetero) is 1. The number of carboxylic acids is 1. The van der Waals surface area contributed by atoms with Gasteiger partial charge in [-0.15, -0.1) is 0 Å². The van der Waals surface area contributed by atoms with Crippen molar-refractivity contribution in [2.24, 2.45) is 5.16 Å². The number of rotatable bonds is 11. The third-order valence-corrected chi connectivity index (χ3v) is 17.4. The number of para-hydroxylation sites is 8. The van der Waals surface area contributed by atoms with Gasteiger partial charge >= 0.3 is 29.3 Å². The number of carbonyl (C=O) groups is 6. The van der Waals surface area contributed by atoms with Crippen molar-refractivity contribution in [3.63, 3.8) is 0 Å². The first-order chi connectivity index (χ1) is 66.1. The zero-order chi connectivity index (χ0) is 106. The van der Waals surface area contributed by atoms with Gasteiger partial charge in [-0.2, -0.15) is 0 Å². The maximum absolute atomic E-state index is 12.1.